The van der Waals surface area contributed by atoms with Crippen LogP contribution in [0.5, 0.6) is 0 Å². The maximum Gasteiger partial charge on any atom is 0.150 e. The lowest BCUT2D eigenvalue weighted by molar-refractivity contribution is 0.112. The van der Waals surface area contributed by atoms with E-state index in [9.17, 15) is 4.79 Å². The zero-order valence-electron chi connectivity index (χ0n) is 12.0. The van der Waals surface area contributed by atoms with Crippen LogP contribution in [0.2, 0.25) is 0 Å². The molecule has 0 saturated heterocycles. The second kappa shape index (κ2) is 5.39. The van der Waals surface area contributed by atoms with E-state index < -0.39 is 0 Å². The monoisotopic (exact) mass is 256 g/mol. The Morgan fingerprint density at radius 2 is 2.00 bits per heavy atom. The molecule has 0 unspecified atom stereocenters. The molecule has 1 heterocycles. The second-order valence-corrected chi connectivity index (χ2v) is 4.96. The average Bonchev–Trinajstić information content (AvgIpc) is 2.66. The summed E-state index contributed by atoms with van der Waals surface area (Å²) in [5.74, 6) is 0. The second-order valence-electron chi connectivity index (χ2n) is 4.96. The molecule has 0 aliphatic heterocycles. The minimum Gasteiger partial charge on any atom is -0.298 e. The quantitative estimate of drug-likeness (QED) is 0.782. The smallest absolute Gasteiger partial charge is 0.150 e. The van der Waals surface area contributed by atoms with Crippen LogP contribution in [0.25, 0.3) is 11.1 Å². The first-order chi connectivity index (χ1) is 9.08. The largest absolute Gasteiger partial charge is 0.298 e. The van der Waals surface area contributed by atoms with E-state index in [1.54, 1.807) is 0 Å². The number of hydrogen-bond donors (Lipinski definition) is 0. The fourth-order valence-electron chi connectivity index (χ4n) is 2.56. The molecule has 0 saturated carbocycles. The van der Waals surface area contributed by atoms with Crippen LogP contribution in [0.3, 0.4) is 0 Å². The summed E-state index contributed by atoms with van der Waals surface area (Å²) >= 11 is 0. The molecule has 19 heavy (non-hydrogen) atoms. The number of hydrogen-bond acceptors (Lipinski definition) is 2. The third-order valence-corrected chi connectivity index (χ3v) is 3.47. The van der Waals surface area contributed by atoms with Crippen LogP contribution in [0.1, 0.15) is 40.7 Å². The minimum absolute atomic E-state index is 0.720. The Bertz CT molecular complexity index is 611. The molecule has 0 N–H and O–H groups in total. The number of rotatable bonds is 4. The zero-order chi connectivity index (χ0) is 14.0. The van der Waals surface area contributed by atoms with Gasteiger partial charge < -0.3 is 0 Å². The zero-order valence-corrected chi connectivity index (χ0v) is 12.0. The molecule has 0 spiro atoms. The Hall–Kier alpha value is -1.90. The fraction of sp³-hybridized carbons (Fsp3) is 0.375. The molecule has 3 heteroatoms. The van der Waals surface area contributed by atoms with E-state index in [2.05, 4.69) is 23.6 Å². The fourth-order valence-corrected chi connectivity index (χ4v) is 2.56. The van der Waals surface area contributed by atoms with E-state index in [-0.39, 0.29) is 0 Å². The number of carbonyl (C=O) groups is 1. The van der Waals surface area contributed by atoms with Crippen molar-refractivity contribution >= 4 is 6.29 Å². The highest BCUT2D eigenvalue weighted by Crippen LogP contribution is 2.30. The van der Waals surface area contributed by atoms with Gasteiger partial charge in [-0.2, -0.15) is 5.10 Å². The summed E-state index contributed by atoms with van der Waals surface area (Å²) in [6.07, 6.45) is 1.96. The first-order valence-electron chi connectivity index (χ1n) is 6.68. The van der Waals surface area contributed by atoms with Gasteiger partial charge in [0.15, 0.2) is 0 Å². The van der Waals surface area contributed by atoms with Crippen molar-refractivity contribution < 1.29 is 4.79 Å². The van der Waals surface area contributed by atoms with Crippen molar-refractivity contribution in [3.05, 3.63) is 40.7 Å². The summed E-state index contributed by atoms with van der Waals surface area (Å²) in [6.45, 7) is 9.29. The third-order valence-electron chi connectivity index (χ3n) is 3.47. The maximum absolute atomic E-state index is 10.8. The van der Waals surface area contributed by atoms with Gasteiger partial charge in [0.05, 0.1) is 5.69 Å². The van der Waals surface area contributed by atoms with Gasteiger partial charge in [-0.3, -0.25) is 9.48 Å². The molecule has 0 fully saturated rings. The molecule has 3 nitrogen and oxygen atoms in total. The molecular formula is C16H20N2O. The van der Waals surface area contributed by atoms with Crippen LogP contribution in [-0.2, 0) is 6.54 Å². The Morgan fingerprint density at radius 3 is 2.58 bits per heavy atom. The van der Waals surface area contributed by atoms with Gasteiger partial charge in [-0.05, 0) is 44.4 Å². The number of carbonyl (C=O) groups excluding carboxylic acids is 1. The number of nitrogens with zero attached hydrogens (tertiary/aromatic N) is 2. The molecule has 1 aromatic heterocycles. The van der Waals surface area contributed by atoms with Crippen LogP contribution >= 0.6 is 0 Å². The number of aryl methyl sites for hydroxylation is 3. The van der Waals surface area contributed by atoms with E-state index >= 15 is 0 Å². The van der Waals surface area contributed by atoms with Crippen LogP contribution in [0.15, 0.2) is 18.2 Å². The van der Waals surface area contributed by atoms with Gasteiger partial charge in [0.2, 0.25) is 0 Å². The van der Waals surface area contributed by atoms with Crippen molar-refractivity contribution in [1.82, 2.24) is 9.78 Å². The van der Waals surface area contributed by atoms with Gasteiger partial charge in [0.1, 0.15) is 6.29 Å². The van der Waals surface area contributed by atoms with Crippen LogP contribution < -0.4 is 0 Å². The van der Waals surface area contributed by atoms with Gasteiger partial charge in [-0.15, -0.1) is 0 Å². The molecule has 2 rings (SSSR count). The molecule has 0 amide bonds. The Labute approximate surface area is 114 Å². The van der Waals surface area contributed by atoms with Crippen LogP contribution in [0.4, 0.5) is 0 Å². The number of aromatic nitrogens is 2. The highest BCUT2D eigenvalue weighted by Gasteiger charge is 2.14. The topological polar surface area (TPSA) is 34.9 Å². The Morgan fingerprint density at radius 1 is 1.26 bits per heavy atom. The predicted molar refractivity (Wildman–Crippen MR) is 77.6 cm³/mol. The van der Waals surface area contributed by atoms with E-state index in [1.807, 2.05) is 32.0 Å². The average molecular weight is 256 g/mol. The summed E-state index contributed by atoms with van der Waals surface area (Å²) in [4.78, 5) is 10.8. The van der Waals surface area contributed by atoms with Crippen molar-refractivity contribution in [3.63, 3.8) is 0 Å². The predicted octanol–water partition coefficient (Wildman–Crippen LogP) is 3.70. The van der Waals surface area contributed by atoms with Gasteiger partial charge in [-0.25, -0.2) is 0 Å². The molecule has 100 valence electrons. The molecule has 0 aliphatic rings. The van der Waals surface area contributed by atoms with Crippen molar-refractivity contribution in [2.75, 3.05) is 0 Å². The first kappa shape index (κ1) is 13.5. The summed E-state index contributed by atoms with van der Waals surface area (Å²) in [7, 11) is 0. The standard InChI is InChI=1S/C16H20N2O/c1-5-8-18-13(4)16(12(3)17-18)15-7-6-14(10-19)9-11(15)2/h6-7,9-10H,5,8H2,1-4H3. The normalized spacial score (nSPS) is 10.7. The summed E-state index contributed by atoms with van der Waals surface area (Å²) < 4.78 is 2.07. The van der Waals surface area contributed by atoms with Crippen molar-refractivity contribution in [3.8, 4) is 11.1 Å². The van der Waals surface area contributed by atoms with Gasteiger partial charge in [0, 0.05) is 23.4 Å². The van der Waals surface area contributed by atoms with Gasteiger partial charge in [-0.1, -0.05) is 19.1 Å². The summed E-state index contributed by atoms with van der Waals surface area (Å²) in [5, 5.41) is 4.61. The van der Waals surface area contributed by atoms with Gasteiger partial charge in [0.25, 0.3) is 0 Å². The lowest BCUT2D eigenvalue weighted by atomic mass is 9.97. The van der Waals surface area contributed by atoms with Gasteiger partial charge >= 0.3 is 0 Å². The van der Waals surface area contributed by atoms with Crippen LogP contribution in [-0.4, -0.2) is 16.1 Å². The summed E-state index contributed by atoms with van der Waals surface area (Å²) in [5.41, 5.74) is 6.45. The van der Waals surface area contributed by atoms with E-state index in [1.165, 1.54) is 16.8 Å². The lowest BCUT2D eigenvalue weighted by Crippen LogP contribution is -2.01. The van der Waals surface area contributed by atoms with E-state index in [4.69, 9.17) is 0 Å². The molecule has 0 atom stereocenters. The van der Waals surface area contributed by atoms with Crippen molar-refractivity contribution in [1.29, 1.82) is 0 Å². The minimum atomic E-state index is 0.720. The molecule has 0 aliphatic carbocycles. The first-order valence-corrected chi connectivity index (χ1v) is 6.68. The van der Waals surface area contributed by atoms with Crippen molar-refractivity contribution in [2.45, 2.75) is 40.7 Å². The molecule has 1 aromatic carbocycles. The number of benzene rings is 1. The Balaban J connectivity index is 2.55. The lowest BCUT2D eigenvalue weighted by Gasteiger charge is -2.08. The molecule has 0 radical (unpaired) electrons. The highest BCUT2D eigenvalue weighted by atomic mass is 16.1. The maximum atomic E-state index is 10.8. The molecular weight excluding hydrogens is 236 g/mol. The molecule has 2 aromatic rings. The highest BCUT2D eigenvalue weighted by molar-refractivity contribution is 5.79. The molecule has 0 bridgehead atoms. The van der Waals surface area contributed by atoms with E-state index in [0.29, 0.717) is 0 Å². The summed E-state index contributed by atoms with van der Waals surface area (Å²) in [6, 6.07) is 5.82. The van der Waals surface area contributed by atoms with Crippen LogP contribution in [0, 0.1) is 20.8 Å². The Kier molecular flexibility index (Phi) is 3.84. The SMILES string of the molecule is CCCn1nc(C)c(-c2ccc(C=O)cc2C)c1C. The third kappa shape index (κ3) is 2.46. The van der Waals surface area contributed by atoms with Crippen molar-refractivity contribution in [2.24, 2.45) is 0 Å². The number of aldehydes is 1. The van der Waals surface area contributed by atoms with E-state index in [0.717, 1.165) is 36.1 Å².